The third kappa shape index (κ3) is 5.61. The van der Waals surface area contributed by atoms with Crippen molar-refractivity contribution in [2.45, 2.75) is 4.90 Å². The number of nitro benzene ring substituents is 1. The maximum Gasteiger partial charge on any atom is 0.339 e. The molecule has 0 aliphatic rings. The molecule has 3 N–H and O–H groups in total. The summed E-state index contributed by atoms with van der Waals surface area (Å²) in [4.78, 5) is 21.5. The Bertz CT molecular complexity index is 1720. The Morgan fingerprint density at radius 3 is 2.16 bits per heavy atom. The third-order valence-electron chi connectivity index (χ3n) is 5.04. The van der Waals surface area contributed by atoms with Crippen molar-refractivity contribution in [3.8, 4) is 5.75 Å². The summed E-state index contributed by atoms with van der Waals surface area (Å²) < 4.78 is 32.1. The molecule has 0 heterocycles. The minimum atomic E-state index is -4.40. The van der Waals surface area contributed by atoms with E-state index >= 15 is 0 Å². The van der Waals surface area contributed by atoms with E-state index in [0.29, 0.717) is 16.5 Å². The number of benzene rings is 4. The molecule has 4 aromatic rings. The molecule has 0 saturated heterocycles. The van der Waals surface area contributed by atoms with E-state index in [1.165, 1.54) is 48.5 Å². The van der Waals surface area contributed by atoms with E-state index in [0.717, 1.165) is 6.07 Å². The number of hydrogen-bond acceptors (Lipinski definition) is 10. The van der Waals surface area contributed by atoms with Crippen LogP contribution in [0.2, 0.25) is 0 Å². The van der Waals surface area contributed by atoms with Crippen molar-refractivity contribution >= 4 is 55.3 Å². The fourth-order valence-corrected chi connectivity index (χ4v) is 3.77. The number of rotatable bonds is 7. The highest BCUT2D eigenvalue weighted by Gasteiger charge is 2.16. The van der Waals surface area contributed by atoms with Crippen molar-refractivity contribution in [2.75, 3.05) is 0 Å². The van der Waals surface area contributed by atoms with Crippen molar-refractivity contribution < 1.29 is 32.9 Å². The predicted octanol–water partition coefficient (Wildman–Crippen LogP) is 6.23. The first-order valence-corrected chi connectivity index (χ1v) is 11.7. The molecule has 0 atom stereocenters. The Morgan fingerprint density at radius 1 is 0.838 bits per heavy atom. The second-order valence-electron chi connectivity index (χ2n) is 7.47. The van der Waals surface area contributed by atoms with Crippen molar-refractivity contribution in [1.29, 1.82) is 0 Å². The van der Waals surface area contributed by atoms with Gasteiger partial charge in [0.15, 0.2) is 5.75 Å². The molecule has 0 radical (unpaired) electrons. The second kappa shape index (κ2) is 9.88. The zero-order chi connectivity index (χ0) is 26.7. The van der Waals surface area contributed by atoms with Crippen LogP contribution in [0, 0.1) is 10.1 Å². The van der Waals surface area contributed by atoms with E-state index in [-0.39, 0.29) is 27.6 Å². The highest BCUT2D eigenvalue weighted by atomic mass is 32.2. The van der Waals surface area contributed by atoms with Gasteiger partial charge in [0.25, 0.3) is 15.8 Å². The van der Waals surface area contributed by atoms with Crippen LogP contribution in [0.25, 0.3) is 10.8 Å². The van der Waals surface area contributed by atoms with Crippen molar-refractivity contribution in [1.82, 2.24) is 0 Å². The quantitative estimate of drug-likeness (QED) is 0.110. The molecule has 0 fully saturated rings. The molecule has 37 heavy (non-hydrogen) atoms. The third-order valence-corrected chi connectivity index (χ3v) is 5.89. The number of azo groups is 2. The number of carboxylic acid groups (broad SMARTS) is 1. The molecule has 0 bridgehead atoms. The van der Waals surface area contributed by atoms with Gasteiger partial charge in [0.1, 0.15) is 11.3 Å². The number of hydrogen-bond donors (Lipinski definition) is 3. The van der Waals surface area contributed by atoms with Crippen molar-refractivity contribution in [3.63, 3.8) is 0 Å². The molecular formula is C23H15N5O8S. The average Bonchev–Trinajstić information content (AvgIpc) is 2.86. The van der Waals surface area contributed by atoms with Gasteiger partial charge in [0, 0.05) is 17.5 Å². The van der Waals surface area contributed by atoms with Crippen LogP contribution in [0.5, 0.6) is 5.75 Å². The lowest BCUT2D eigenvalue weighted by molar-refractivity contribution is -0.384. The molecule has 186 valence electrons. The summed E-state index contributed by atoms with van der Waals surface area (Å²) in [5.74, 6) is -2.12. The van der Waals surface area contributed by atoms with E-state index in [9.17, 15) is 38.1 Å². The van der Waals surface area contributed by atoms with Gasteiger partial charge in [-0.2, -0.15) is 18.6 Å². The van der Waals surface area contributed by atoms with Gasteiger partial charge in [-0.05, 0) is 47.9 Å². The molecule has 14 heteroatoms. The first-order chi connectivity index (χ1) is 17.5. The number of non-ortho nitro benzene ring substituents is 1. The number of phenols is 1. The highest BCUT2D eigenvalue weighted by molar-refractivity contribution is 7.85. The Morgan fingerprint density at radius 2 is 1.51 bits per heavy atom. The van der Waals surface area contributed by atoms with Crippen LogP contribution < -0.4 is 0 Å². The number of aromatic carboxylic acids is 1. The van der Waals surface area contributed by atoms with Gasteiger partial charge in [-0.15, -0.1) is 10.2 Å². The van der Waals surface area contributed by atoms with Crippen molar-refractivity contribution in [3.05, 3.63) is 88.5 Å². The molecule has 0 saturated carbocycles. The lowest BCUT2D eigenvalue weighted by Gasteiger charge is -2.05. The summed E-state index contributed by atoms with van der Waals surface area (Å²) in [6, 6.07) is 16.1. The Balaban J connectivity index is 1.71. The number of nitrogens with zero attached hydrogens (tertiary/aromatic N) is 5. The summed E-state index contributed by atoms with van der Waals surface area (Å²) in [6.45, 7) is 0. The van der Waals surface area contributed by atoms with Crippen molar-refractivity contribution in [2.24, 2.45) is 20.5 Å². The molecule has 0 aromatic heterocycles. The van der Waals surface area contributed by atoms with Crippen LogP contribution in [0.15, 0.2) is 98.1 Å². The normalized spacial score (nSPS) is 11.9. The maximum absolute atomic E-state index is 11.6. The monoisotopic (exact) mass is 521 g/mol. The van der Waals surface area contributed by atoms with Crippen LogP contribution in [-0.4, -0.2) is 34.1 Å². The van der Waals surface area contributed by atoms with E-state index < -0.39 is 32.3 Å². The number of fused-ring (bicyclic) bond motifs is 1. The Hall–Kier alpha value is -5.08. The minimum Gasteiger partial charge on any atom is -0.505 e. The number of aromatic hydroxyl groups is 1. The Kier molecular flexibility index (Phi) is 6.69. The Labute approximate surface area is 208 Å². The number of carbonyl (C=O) groups is 1. The highest BCUT2D eigenvalue weighted by Crippen LogP contribution is 2.37. The summed E-state index contributed by atoms with van der Waals surface area (Å²) in [5, 5.41) is 47.4. The van der Waals surface area contributed by atoms with E-state index in [4.69, 9.17) is 0 Å². The zero-order valence-electron chi connectivity index (χ0n) is 18.5. The van der Waals surface area contributed by atoms with Gasteiger partial charge in [-0.25, -0.2) is 4.79 Å². The zero-order valence-corrected chi connectivity index (χ0v) is 19.3. The first kappa shape index (κ1) is 25.0. The predicted molar refractivity (Wildman–Crippen MR) is 130 cm³/mol. The standard InChI is InChI=1S/C23H15N5O8S/c29-22-19(23(30)31)11-15(12-21(22)27-24-14-4-6-16(7-5-14)28(32)33)25-26-20-3-1-2-13-10-17(37(34,35)36)8-9-18(13)20/h1-12,29H,(H,30,31)(H,34,35,36). The van der Waals surface area contributed by atoms with Gasteiger partial charge in [0.2, 0.25) is 0 Å². The lowest BCUT2D eigenvalue weighted by Crippen LogP contribution is -1.97. The molecule has 4 aromatic carbocycles. The van der Waals surface area contributed by atoms with Gasteiger partial charge < -0.3 is 10.2 Å². The number of carboxylic acids is 1. The largest absolute Gasteiger partial charge is 0.505 e. The topological polar surface area (TPSA) is 204 Å². The van der Waals surface area contributed by atoms with E-state index in [2.05, 4.69) is 20.5 Å². The van der Waals surface area contributed by atoms with Crippen LogP contribution in [0.4, 0.5) is 28.4 Å². The van der Waals surface area contributed by atoms with E-state index in [1.54, 1.807) is 18.2 Å². The van der Waals surface area contributed by atoms with Crippen LogP contribution in [-0.2, 0) is 10.1 Å². The average molecular weight is 521 g/mol. The molecule has 0 unspecified atom stereocenters. The summed E-state index contributed by atoms with van der Waals surface area (Å²) >= 11 is 0. The summed E-state index contributed by atoms with van der Waals surface area (Å²) in [5.41, 5.74) is -0.348. The van der Waals surface area contributed by atoms with Gasteiger partial charge in [-0.3, -0.25) is 14.7 Å². The van der Waals surface area contributed by atoms with Gasteiger partial charge in [-0.1, -0.05) is 18.2 Å². The van der Waals surface area contributed by atoms with E-state index in [1.807, 2.05) is 0 Å². The van der Waals surface area contributed by atoms with Crippen LogP contribution >= 0.6 is 0 Å². The van der Waals surface area contributed by atoms with Gasteiger partial charge >= 0.3 is 5.97 Å². The van der Waals surface area contributed by atoms with Gasteiger partial charge in [0.05, 0.1) is 26.9 Å². The smallest absolute Gasteiger partial charge is 0.339 e. The number of nitro groups is 1. The molecule has 0 spiro atoms. The van der Waals surface area contributed by atoms with Crippen LogP contribution in [0.3, 0.4) is 0 Å². The molecule has 0 amide bonds. The fraction of sp³-hybridized carbons (Fsp3) is 0. The molecule has 4 rings (SSSR count). The second-order valence-corrected chi connectivity index (χ2v) is 8.90. The minimum absolute atomic E-state index is 0.0133. The van der Waals surface area contributed by atoms with Crippen LogP contribution in [0.1, 0.15) is 10.4 Å². The molecular weight excluding hydrogens is 506 g/mol. The first-order valence-electron chi connectivity index (χ1n) is 10.2. The molecule has 0 aliphatic heterocycles. The maximum atomic E-state index is 11.6. The molecule has 0 aliphatic carbocycles. The fourth-order valence-electron chi connectivity index (χ4n) is 3.26. The summed E-state index contributed by atoms with van der Waals surface area (Å²) in [6.07, 6.45) is 0. The SMILES string of the molecule is O=C(O)c1cc(N=Nc2cccc3cc(S(=O)(=O)O)ccc23)cc(N=Nc2ccc([N+](=O)[O-])cc2)c1O. The summed E-state index contributed by atoms with van der Waals surface area (Å²) in [7, 11) is -4.40. The lowest BCUT2D eigenvalue weighted by atomic mass is 10.1. The molecule has 13 nitrogen and oxygen atoms in total.